The van der Waals surface area contributed by atoms with Gasteiger partial charge < -0.3 is 10.1 Å². The van der Waals surface area contributed by atoms with Gasteiger partial charge in [0, 0.05) is 0 Å². The summed E-state index contributed by atoms with van der Waals surface area (Å²) >= 11 is 1.46. The van der Waals surface area contributed by atoms with Crippen LogP contribution < -0.4 is 5.32 Å². The summed E-state index contributed by atoms with van der Waals surface area (Å²) < 4.78 is 5.42. The number of aromatic nitrogens is 3. The predicted molar refractivity (Wildman–Crippen MR) is 112 cm³/mol. The molecule has 1 atom stereocenters. The number of hydrogen-bond donors (Lipinski definition) is 1. The van der Waals surface area contributed by atoms with Gasteiger partial charge in [0.1, 0.15) is 10.7 Å². The van der Waals surface area contributed by atoms with Gasteiger partial charge >= 0.3 is 0 Å². The van der Waals surface area contributed by atoms with Crippen molar-refractivity contribution in [3.63, 3.8) is 0 Å². The number of amides is 1. The molecule has 0 unspecified atom stereocenters. The molecule has 1 aliphatic rings. The number of fused-ring (bicyclic) bond motifs is 1. The third-order valence-electron chi connectivity index (χ3n) is 4.70. The van der Waals surface area contributed by atoms with Gasteiger partial charge in [-0.25, -0.2) is 9.98 Å². The molecule has 1 amide bonds. The van der Waals surface area contributed by atoms with Crippen molar-refractivity contribution >= 4 is 23.1 Å². The first-order valence-electron chi connectivity index (χ1n) is 9.31. The lowest BCUT2D eigenvalue weighted by Crippen LogP contribution is -2.28. The maximum absolute atomic E-state index is 12.6. The van der Waals surface area contributed by atoms with Crippen molar-refractivity contribution in [1.29, 1.82) is 0 Å². The van der Waals surface area contributed by atoms with Crippen LogP contribution in [0, 0.1) is 6.92 Å². The van der Waals surface area contributed by atoms with Crippen molar-refractivity contribution in [2.75, 3.05) is 7.11 Å². The second-order valence-electron chi connectivity index (χ2n) is 6.82. The highest BCUT2D eigenvalue weighted by molar-refractivity contribution is 7.14. The van der Waals surface area contributed by atoms with Gasteiger partial charge in [-0.3, -0.25) is 4.79 Å². The maximum atomic E-state index is 12.6. The molecule has 1 aliphatic heterocycles. The smallest absolute Gasteiger partial charge is 0.226 e. The zero-order chi connectivity index (χ0) is 20.4. The molecule has 8 heteroatoms. The summed E-state index contributed by atoms with van der Waals surface area (Å²) in [5.41, 5.74) is 4.23. The predicted octanol–water partition coefficient (Wildman–Crippen LogP) is 3.24. The third-order valence-corrected chi connectivity index (χ3v) is 5.55. The lowest BCUT2D eigenvalue weighted by molar-refractivity contribution is -0.121. The highest BCUT2D eigenvalue weighted by Crippen LogP contribution is 2.32. The van der Waals surface area contributed by atoms with E-state index in [9.17, 15) is 4.79 Å². The van der Waals surface area contributed by atoms with Gasteiger partial charge in [-0.2, -0.15) is 0 Å². The molecule has 29 heavy (non-hydrogen) atoms. The summed E-state index contributed by atoms with van der Waals surface area (Å²) in [4.78, 5) is 21.8. The van der Waals surface area contributed by atoms with Crippen molar-refractivity contribution in [1.82, 2.24) is 20.5 Å². The largest absolute Gasteiger partial charge is 0.481 e. The Bertz CT molecular complexity index is 1080. The van der Waals surface area contributed by atoms with E-state index >= 15 is 0 Å². The van der Waals surface area contributed by atoms with Crippen molar-refractivity contribution < 1.29 is 9.53 Å². The molecule has 0 fully saturated rings. The van der Waals surface area contributed by atoms with Gasteiger partial charge in [0.2, 0.25) is 11.8 Å². The average molecular weight is 407 g/mol. The number of rotatable bonds is 5. The van der Waals surface area contributed by atoms with Crippen LogP contribution in [0.3, 0.4) is 0 Å². The Morgan fingerprint density at radius 2 is 2.07 bits per heavy atom. The van der Waals surface area contributed by atoms with E-state index in [1.165, 1.54) is 11.3 Å². The van der Waals surface area contributed by atoms with E-state index in [4.69, 9.17) is 9.72 Å². The quantitative estimate of drug-likeness (QED) is 0.701. The standard InChI is InChI=1S/C21H21N5O2S/c1-12(14-7-5-4-6-8-14)23-17(27)10-16-9-15-11-22-20(28-3)18(15)19(24-16)21-26-25-13(2)29-21/h4-9,12H,10-11H2,1-3H3,(H,23,27)/t12-/m1/s1. The Morgan fingerprint density at radius 3 is 2.76 bits per heavy atom. The van der Waals surface area contributed by atoms with Crippen LogP contribution in [-0.4, -0.2) is 34.1 Å². The first kappa shape index (κ1) is 19.2. The van der Waals surface area contributed by atoms with Crippen LogP contribution in [0.25, 0.3) is 10.7 Å². The molecule has 7 nitrogen and oxygen atoms in total. The fraction of sp³-hybridized carbons (Fsp3) is 0.286. The maximum Gasteiger partial charge on any atom is 0.226 e. The Hall–Kier alpha value is -3.13. The third kappa shape index (κ3) is 4.02. The highest BCUT2D eigenvalue weighted by atomic mass is 32.1. The van der Waals surface area contributed by atoms with E-state index in [0.717, 1.165) is 21.7 Å². The number of nitrogens with one attached hydrogen (secondary N) is 1. The molecule has 0 radical (unpaired) electrons. The van der Waals surface area contributed by atoms with Crippen molar-refractivity contribution in [2.45, 2.75) is 32.9 Å². The van der Waals surface area contributed by atoms with E-state index in [0.29, 0.717) is 28.8 Å². The zero-order valence-electron chi connectivity index (χ0n) is 16.5. The molecule has 0 saturated carbocycles. The van der Waals surface area contributed by atoms with Gasteiger partial charge in [0.05, 0.1) is 37.4 Å². The number of carbonyl (C=O) groups is 1. The molecule has 0 bridgehead atoms. The van der Waals surface area contributed by atoms with Gasteiger partial charge in [-0.1, -0.05) is 41.7 Å². The minimum atomic E-state index is -0.0842. The number of methoxy groups -OCH3 is 1. The van der Waals surface area contributed by atoms with Crippen LogP contribution >= 0.6 is 11.3 Å². The fourth-order valence-electron chi connectivity index (χ4n) is 3.34. The summed E-state index contributed by atoms with van der Waals surface area (Å²) in [5.74, 6) is 0.461. The second-order valence-corrected chi connectivity index (χ2v) is 8.01. The molecule has 148 valence electrons. The van der Waals surface area contributed by atoms with Crippen molar-refractivity contribution in [3.05, 3.63) is 63.8 Å². The first-order valence-corrected chi connectivity index (χ1v) is 10.1. The molecule has 1 N–H and O–H groups in total. The second kappa shape index (κ2) is 8.08. The minimum Gasteiger partial charge on any atom is -0.481 e. The number of aliphatic imine (C=N–C) groups is 1. The van der Waals surface area contributed by atoms with Gasteiger partial charge in [0.15, 0.2) is 5.01 Å². The number of ether oxygens (including phenoxy) is 1. The lowest BCUT2D eigenvalue weighted by Gasteiger charge is -2.15. The molecule has 0 saturated heterocycles. The van der Waals surface area contributed by atoms with E-state index in [-0.39, 0.29) is 18.4 Å². The number of benzene rings is 1. The number of nitrogens with zero attached hydrogens (tertiary/aromatic N) is 4. The molecule has 0 aliphatic carbocycles. The Labute approximate surface area is 172 Å². The summed E-state index contributed by atoms with van der Waals surface area (Å²) in [7, 11) is 1.59. The van der Waals surface area contributed by atoms with Crippen LogP contribution in [0.4, 0.5) is 0 Å². The van der Waals surface area contributed by atoms with E-state index in [1.807, 2.05) is 50.2 Å². The van der Waals surface area contributed by atoms with Gasteiger partial charge in [-0.05, 0) is 31.0 Å². The summed E-state index contributed by atoms with van der Waals surface area (Å²) in [6, 6.07) is 11.7. The molecular weight excluding hydrogens is 386 g/mol. The van der Waals surface area contributed by atoms with Crippen LogP contribution in [0.1, 0.15) is 40.4 Å². The average Bonchev–Trinajstić information content (AvgIpc) is 3.34. The molecule has 3 aromatic rings. The first-order chi connectivity index (χ1) is 14.0. The Balaban J connectivity index is 1.60. The van der Waals surface area contributed by atoms with E-state index in [2.05, 4.69) is 20.5 Å². The molecule has 2 aromatic heterocycles. The fourth-order valence-corrected chi connectivity index (χ4v) is 4.03. The lowest BCUT2D eigenvalue weighted by atomic mass is 10.0. The SMILES string of the molecule is COC1=NCc2cc(CC(=O)N[C@H](C)c3ccccc3)nc(-c3nnc(C)s3)c21. The van der Waals surface area contributed by atoms with Crippen molar-refractivity contribution in [2.24, 2.45) is 4.99 Å². The number of carbonyl (C=O) groups excluding carboxylic acids is 1. The monoisotopic (exact) mass is 407 g/mol. The van der Waals surface area contributed by atoms with Crippen LogP contribution in [0.5, 0.6) is 0 Å². The summed E-state index contributed by atoms with van der Waals surface area (Å²) in [6.07, 6.45) is 0.178. The van der Waals surface area contributed by atoms with Gasteiger partial charge in [0.25, 0.3) is 0 Å². The topological polar surface area (TPSA) is 89.4 Å². The van der Waals surface area contributed by atoms with E-state index in [1.54, 1.807) is 7.11 Å². The van der Waals surface area contributed by atoms with Crippen molar-refractivity contribution in [3.8, 4) is 10.7 Å². The number of hydrogen-bond acceptors (Lipinski definition) is 7. The summed E-state index contributed by atoms with van der Waals surface area (Å²) in [5, 5.41) is 12.9. The molecular formula is C21H21N5O2S. The van der Waals surface area contributed by atoms with Crippen LogP contribution in [0.2, 0.25) is 0 Å². The normalized spacial score (nSPS) is 13.6. The minimum absolute atomic E-state index is 0.0770. The molecule has 3 heterocycles. The Kier molecular flexibility index (Phi) is 5.35. The number of pyridine rings is 1. The summed E-state index contributed by atoms with van der Waals surface area (Å²) in [6.45, 7) is 4.37. The molecule has 1 aromatic carbocycles. The van der Waals surface area contributed by atoms with Crippen LogP contribution in [0.15, 0.2) is 41.4 Å². The number of aryl methyl sites for hydroxylation is 1. The zero-order valence-corrected chi connectivity index (χ0v) is 17.3. The Morgan fingerprint density at radius 1 is 1.28 bits per heavy atom. The van der Waals surface area contributed by atoms with E-state index < -0.39 is 0 Å². The van der Waals surface area contributed by atoms with Crippen LogP contribution in [-0.2, 0) is 22.5 Å². The molecule has 0 spiro atoms. The molecule has 4 rings (SSSR count). The highest BCUT2D eigenvalue weighted by Gasteiger charge is 2.26. The van der Waals surface area contributed by atoms with Gasteiger partial charge in [-0.15, -0.1) is 10.2 Å².